The van der Waals surface area contributed by atoms with Gasteiger partial charge in [0.15, 0.2) is 0 Å². The van der Waals surface area contributed by atoms with E-state index in [9.17, 15) is 0 Å². The minimum Gasteiger partial charge on any atom is -0.489 e. The van der Waals surface area contributed by atoms with E-state index in [0.29, 0.717) is 13.2 Å². The molecule has 4 aromatic carbocycles. The van der Waals surface area contributed by atoms with Crippen LogP contribution in [0.15, 0.2) is 121 Å². The minimum absolute atomic E-state index is 0.573. The van der Waals surface area contributed by atoms with E-state index in [1.807, 2.05) is 74.5 Å². The fourth-order valence-corrected chi connectivity index (χ4v) is 3.91. The molecule has 0 spiro atoms. The zero-order valence-corrected chi connectivity index (χ0v) is 22.1. The number of rotatable bonds is 11. The summed E-state index contributed by atoms with van der Waals surface area (Å²) < 4.78 is 11.7. The monoisotopic (exact) mass is 498 g/mol. The summed E-state index contributed by atoms with van der Waals surface area (Å²) in [6, 6.07) is 33.4. The molecule has 0 aliphatic carbocycles. The quantitative estimate of drug-likeness (QED) is 0.151. The summed E-state index contributed by atoms with van der Waals surface area (Å²) in [5.74, 6) is 1.77. The van der Waals surface area contributed by atoms with E-state index < -0.39 is 0 Å². The molecular weight excluding hydrogens is 464 g/mol. The lowest BCUT2D eigenvalue weighted by molar-refractivity contribution is 0.362. The Morgan fingerprint density at radius 1 is 0.474 bits per heavy atom. The van der Waals surface area contributed by atoms with Gasteiger partial charge in [0, 0.05) is 11.1 Å². The summed E-state index contributed by atoms with van der Waals surface area (Å²) in [5, 5.41) is 0. The Morgan fingerprint density at radius 2 is 0.868 bits per heavy atom. The van der Waals surface area contributed by atoms with Gasteiger partial charge in [0.1, 0.15) is 24.7 Å². The lowest BCUT2D eigenvalue weighted by Crippen LogP contribution is -1.94. The van der Waals surface area contributed by atoms with Gasteiger partial charge in [-0.2, -0.15) is 0 Å². The van der Waals surface area contributed by atoms with E-state index >= 15 is 0 Å². The highest BCUT2D eigenvalue weighted by atomic mass is 16.5. The van der Waals surface area contributed by atoms with Crippen LogP contribution in [0.2, 0.25) is 0 Å². The molecule has 38 heavy (non-hydrogen) atoms. The average Bonchev–Trinajstić information content (AvgIpc) is 2.97. The number of hydrogen-bond acceptors (Lipinski definition) is 2. The standard InChI is InChI=1S/C36H34O2/c1-3-5-27-37-35-13-9-7-11-33(35)25-19-29-15-21-31(22-16-29)32-23-17-30(18-24-32)20-26-34-12-8-10-14-36(34)38-28-6-4-2/h3-26H,27-28H2,1-2H3. The van der Waals surface area contributed by atoms with Crippen molar-refractivity contribution < 1.29 is 9.47 Å². The molecule has 0 unspecified atom stereocenters. The molecule has 0 heterocycles. The first kappa shape index (κ1) is 26.5. The van der Waals surface area contributed by atoms with Crippen LogP contribution in [0, 0.1) is 0 Å². The van der Waals surface area contributed by atoms with Crippen molar-refractivity contribution in [3.63, 3.8) is 0 Å². The Labute approximate surface area is 226 Å². The first-order valence-electron chi connectivity index (χ1n) is 13.0. The van der Waals surface area contributed by atoms with Gasteiger partial charge < -0.3 is 9.47 Å². The van der Waals surface area contributed by atoms with Crippen LogP contribution in [-0.4, -0.2) is 13.2 Å². The summed E-state index contributed by atoms with van der Waals surface area (Å²) in [6.45, 7) is 5.14. The van der Waals surface area contributed by atoms with E-state index in [1.165, 1.54) is 11.1 Å². The van der Waals surface area contributed by atoms with Crippen molar-refractivity contribution in [3.8, 4) is 22.6 Å². The van der Waals surface area contributed by atoms with Gasteiger partial charge in [0.05, 0.1) is 0 Å². The van der Waals surface area contributed by atoms with Gasteiger partial charge in [-0.05, 0) is 48.2 Å². The van der Waals surface area contributed by atoms with E-state index in [0.717, 1.165) is 33.8 Å². The van der Waals surface area contributed by atoms with E-state index in [-0.39, 0.29) is 0 Å². The Kier molecular flexibility index (Phi) is 9.94. The normalized spacial score (nSPS) is 11.7. The zero-order valence-electron chi connectivity index (χ0n) is 22.1. The molecule has 2 nitrogen and oxygen atoms in total. The number of benzene rings is 4. The van der Waals surface area contributed by atoms with E-state index in [2.05, 4.69) is 85.0 Å². The molecule has 0 radical (unpaired) electrons. The maximum Gasteiger partial charge on any atom is 0.126 e. The predicted octanol–water partition coefficient (Wildman–Crippen LogP) is 9.60. The van der Waals surface area contributed by atoms with Gasteiger partial charge in [-0.25, -0.2) is 0 Å². The molecule has 4 rings (SSSR count). The van der Waals surface area contributed by atoms with Gasteiger partial charge in [-0.3, -0.25) is 0 Å². The Hall–Kier alpha value is -4.56. The third-order valence-electron chi connectivity index (χ3n) is 6.04. The number of hydrogen-bond donors (Lipinski definition) is 0. The second-order valence-corrected chi connectivity index (χ2v) is 8.75. The van der Waals surface area contributed by atoms with Crippen LogP contribution in [0.25, 0.3) is 35.4 Å². The zero-order chi connectivity index (χ0) is 26.4. The number of allylic oxidation sites excluding steroid dienone is 2. The van der Waals surface area contributed by atoms with Gasteiger partial charge in [0.25, 0.3) is 0 Å². The topological polar surface area (TPSA) is 18.5 Å². The summed E-state index contributed by atoms with van der Waals surface area (Å²) >= 11 is 0. The van der Waals surface area contributed by atoms with Gasteiger partial charge >= 0.3 is 0 Å². The molecular formula is C36H34O2. The third-order valence-corrected chi connectivity index (χ3v) is 6.04. The second kappa shape index (κ2) is 14.2. The maximum absolute atomic E-state index is 5.87. The summed E-state index contributed by atoms with van der Waals surface area (Å²) in [6.07, 6.45) is 16.4. The van der Waals surface area contributed by atoms with Crippen LogP contribution < -0.4 is 9.47 Å². The summed E-state index contributed by atoms with van der Waals surface area (Å²) in [4.78, 5) is 0. The predicted molar refractivity (Wildman–Crippen MR) is 163 cm³/mol. The second-order valence-electron chi connectivity index (χ2n) is 8.75. The first-order chi connectivity index (χ1) is 18.8. The highest BCUT2D eigenvalue weighted by molar-refractivity contribution is 5.76. The van der Waals surface area contributed by atoms with Crippen molar-refractivity contribution in [2.75, 3.05) is 13.2 Å². The lowest BCUT2D eigenvalue weighted by Gasteiger charge is -2.07. The molecule has 0 N–H and O–H groups in total. The molecule has 190 valence electrons. The smallest absolute Gasteiger partial charge is 0.126 e. The van der Waals surface area contributed by atoms with Crippen LogP contribution in [-0.2, 0) is 0 Å². The largest absolute Gasteiger partial charge is 0.489 e. The molecule has 0 atom stereocenters. The molecule has 0 aliphatic rings. The van der Waals surface area contributed by atoms with Gasteiger partial charge in [-0.15, -0.1) is 0 Å². The van der Waals surface area contributed by atoms with Crippen molar-refractivity contribution in [1.29, 1.82) is 0 Å². The summed E-state index contributed by atoms with van der Waals surface area (Å²) in [7, 11) is 0. The number of ether oxygens (including phenoxy) is 2. The van der Waals surface area contributed by atoms with Gasteiger partial charge in [0.2, 0.25) is 0 Å². The van der Waals surface area contributed by atoms with E-state index in [4.69, 9.17) is 9.47 Å². The van der Waals surface area contributed by atoms with Crippen LogP contribution in [0.5, 0.6) is 11.5 Å². The van der Waals surface area contributed by atoms with Gasteiger partial charge in [-0.1, -0.05) is 134 Å². The average molecular weight is 499 g/mol. The van der Waals surface area contributed by atoms with E-state index in [1.54, 1.807) is 0 Å². The Balaban J connectivity index is 1.40. The van der Waals surface area contributed by atoms with Crippen molar-refractivity contribution in [1.82, 2.24) is 0 Å². The fraction of sp³-hybridized carbons (Fsp3) is 0.111. The molecule has 0 bridgehead atoms. The molecule has 0 fully saturated rings. The molecule has 0 aromatic heterocycles. The molecule has 0 saturated carbocycles. The molecule has 2 heteroatoms. The van der Waals surface area contributed by atoms with Crippen molar-refractivity contribution in [2.45, 2.75) is 13.8 Å². The molecule has 4 aromatic rings. The van der Waals surface area contributed by atoms with Crippen molar-refractivity contribution in [2.24, 2.45) is 0 Å². The molecule has 0 aliphatic heterocycles. The minimum atomic E-state index is 0.573. The van der Waals surface area contributed by atoms with Crippen molar-refractivity contribution >= 4 is 24.3 Å². The van der Waals surface area contributed by atoms with Crippen LogP contribution in [0.3, 0.4) is 0 Å². The SMILES string of the molecule is CC=CCOc1ccccc1C=Cc1ccc(-c2ccc(C=Cc3ccccc3OCC=CC)cc2)cc1. The van der Waals surface area contributed by atoms with Crippen molar-refractivity contribution in [3.05, 3.63) is 144 Å². The van der Waals surface area contributed by atoms with Crippen LogP contribution in [0.1, 0.15) is 36.1 Å². The maximum atomic E-state index is 5.87. The fourth-order valence-electron chi connectivity index (χ4n) is 3.91. The molecule has 0 amide bonds. The summed E-state index contributed by atoms with van der Waals surface area (Å²) in [5.41, 5.74) is 6.80. The molecule has 0 saturated heterocycles. The number of para-hydroxylation sites is 2. The Morgan fingerprint density at radius 3 is 1.26 bits per heavy atom. The third kappa shape index (κ3) is 7.72. The lowest BCUT2D eigenvalue weighted by atomic mass is 10.0. The highest BCUT2D eigenvalue weighted by Crippen LogP contribution is 2.25. The first-order valence-corrected chi connectivity index (χ1v) is 13.0. The van der Waals surface area contributed by atoms with Crippen LogP contribution >= 0.6 is 0 Å². The van der Waals surface area contributed by atoms with Crippen LogP contribution in [0.4, 0.5) is 0 Å². The highest BCUT2D eigenvalue weighted by Gasteiger charge is 2.01. The Bertz CT molecular complexity index is 1290.